The van der Waals surface area contributed by atoms with Crippen molar-refractivity contribution in [2.45, 2.75) is 56.3 Å². The first-order chi connectivity index (χ1) is 23.6. The maximum Gasteiger partial charge on any atom is 0.250 e. The van der Waals surface area contributed by atoms with E-state index in [4.69, 9.17) is 11.5 Å². The van der Waals surface area contributed by atoms with Crippen molar-refractivity contribution in [2.24, 2.45) is 11.5 Å². The van der Waals surface area contributed by atoms with E-state index in [2.05, 4.69) is 10.6 Å². The van der Waals surface area contributed by atoms with Crippen LogP contribution in [-0.2, 0) is 19.2 Å². The fourth-order valence-electron chi connectivity index (χ4n) is 6.68. The van der Waals surface area contributed by atoms with Crippen LogP contribution >= 0.6 is 21.6 Å². The lowest BCUT2D eigenvalue weighted by Crippen LogP contribution is -2.57. The van der Waals surface area contributed by atoms with Crippen molar-refractivity contribution in [3.63, 3.8) is 0 Å². The van der Waals surface area contributed by atoms with Crippen molar-refractivity contribution in [1.82, 2.24) is 9.80 Å². The number of fused-ring (bicyclic) bond motifs is 2. The molecule has 0 radical (unpaired) electrons. The molecule has 4 aromatic rings. The van der Waals surface area contributed by atoms with Gasteiger partial charge < -0.3 is 31.9 Å². The lowest BCUT2D eigenvalue weighted by atomic mass is 9.96. The number of anilines is 2. The van der Waals surface area contributed by atoms with E-state index >= 15 is 0 Å². The number of carbonyl (C=O) groups excluding carboxylic acids is 4. The summed E-state index contributed by atoms with van der Waals surface area (Å²) in [6.45, 7) is 2.72. The molecule has 0 aromatic heterocycles. The van der Waals surface area contributed by atoms with Crippen LogP contribution in [0.5, 0.6) is 0 Å². The second-order valence-corrected chi connectivity index (χ2v) is 15.5. The predicted molar refractivity (Wildman–Crippen MR) is 200 cm³/mol. The van der Waals surface area contributed by atoms with Gasteiger partial charge in [-0.25, -0.2) is 0 Å². The minimum absolute atomic E-state index is 0.222. The van der Waals surface area contributed by atoms with Gasteiger partial charge in [-0.05, 0) is 78.4 Å². The molecule has 256 valence electrons. The highest BCUT2D eigenvalue weighted by Gasteiger charge is 2.46. The van der Waals surface area contributed by atoms with Crippen molar-refractivity contribution >= 4 is 78.1 Å². The topological polar surface area (TPSA) is 151 Å². The molecule has 2 aliphatic heterocycles. The van der Waals surface area contributed by atoms with Crippen molar-refractivity contribution in [2.75, 3.05) is 35.2 Å². The second-order valence-electron chi connectivity index (χ2n) is 12.9. The summed E-state index contributed by atoms with van der Waals surface area (Å²) in [7, 11) is 2.74. The normalized spacial score (nSPS) is 20.3. The number of rotatable bonds is 11. The number of likely N-dealkylation sites (tertiary alicyclic amines) is 2. The molecule has 2 heterocycles. The molecule has 49 heavy (non-hydrogen) atoms. The number of amides is 4. The van der Waals surface area contributed by atoms with Gasteiger partial charge in [-0.3, -0.25) is 19.2 Å². The van der Waals surface area contributed by atoms with E-state index in [0.717, 1.165) is 28.0 Å². The summed E-state index contributed by atoms with van der Waals surface area (Å²) in [5, 5.41) is 10.2. The lowest BCUT2D eigenvalue weighted by molar-refractivity contribution is -0.142. The van der Waals surface area contributed by atoms with Crippen LogP contribution in [-0.4, -0.2) is 81.7 Å². The number of benzene rings is 4. The zero-order valence-corrected chi connectivity index (χ0v) is 29.1. The Kier molecular flexibility index (Phi) is 10.8. The molecule has 0 aliphatic carbocycles. The molecule has 0 bridgehead atoms. The fraction of sp³-hybridized carbons (Fsp3) is 0.351. The third-order valence-corrected chi connectivity index (χ3v) is 11.9. The Morgan fingerprint density at radius 3 is 1.92 bits per heavy atom. The molecule has 2 saturated heterocycles. The predicted octanol–water partition coefficient (Wildman–Crippen LogP) is 4.98. The second kappa shape index (κ2) is 15.2. The average molecular weight is 699 g/mol. The first-order valence-corrected chi connectivity index (χ1v) is 19.1. The van der Waals surface area contributed by atoms with Crippen LogP contribution in [0.15, 0.2) is 84.9 Å². The summed E-state index contributed by atoms with van der Waals surface area (Å²) in [5.74, 6) is -0.410. The summed E-state index contributed by atoms with van der Waals surface area (Å²) in [6.07, 6.45) is 2.55. The van der Waals surface area contributed by atoms with Crippen LogP contribution in [0.4, 0.5) is 11.4 Å². The zero-order valence-electron chi connectivity index (χ0n) is 27.5. The smallest absolute Gasteiger partial charge is 0.250 e. The maximum absolute atomic E-state index is 13.5. The third kappa shape index (κ3) is 7.72. The first kappa shape index (κ1) is 34.8. The molecule has 4 amide bonds. The summed E-state index contributed by atoms with van der Waals surface area (Å²) in [6, 6.07) is 25.1. The van der Waals surface area contributed by atoms with Crippen LogP contribution in [0.1, 0.15) is 32.6 Å². The molecule has 2 aliphatic rings. The van der Waals surface area contributed by atoms with E-state index in [0.29, 0.717) is 55.2 Å². The van der Waals surface area contributed by atoms with Gasteiger partial charge in [0.25, 0.3) is 0 Å². The number of carbonyl (C=O) groups is 4. The lowest BCUT2D eigenvalue weighted by Gasteiger charge is -2.35. The highest BCUT2D eigenvalue weighted by molar-refractivity contribution is 8.76. The molecule has 2 unspecified atom stereocenters. The van der Waals surface area contributed by atoms with Gasteiger partial charge in [-0.1, -0.05) is 82.3 Å². The summed E-state index contributed by atoms with van der Waals surface area (Å²) in [5.41, 5.74) is 13.0. The Labute approximate surface area is 294 Å². The molecule has 6 N–H and O–H groups in total. The van der Waals surface area contributed by atoms with Crippen molar-refractivity contribution < 1.29 is 19.2 Å². The highest BCUT2D eigenvalue weighted by atomic mass is 33.1. The van der Waals surface area contributed by atoms with Gasteiger partial charge in [0.15, 0.2) is 0 Å². The molecule has 6 rings (SSSR count). The molecule has 4 atom stereocenters. The molecule has 2 fully saturated rings. The van der Waals surface area contributed by atoms with Crippen LogP contribution in [0.25, 0.3) is 21.5 Å². The van der Waals surface area contributed by atoms with Gasteiger partial charge in [0.2, 0.25) is 23.6 Å². The van der Waals surface area contributed by atoms with Crippen LogP contribution < -0.4 is 22.1 Å². The van der Waals surface area contributed by atoms with Crippen LogP contribution in [0, 0.1) is 0 Å². The van der Waals surface area contributed by atoms with Gasteiger partial charge in [-0.2, -0.15) is 0 Å². The van der Waals surface area contributed by atoms with Gasteiger partial charge in [-0.15, -0.1) is 0 Å². The largest absolute Gasteiger partial charge is 0.329 e. The van der Waals surface area contributed by atoms with Crippen molar-refractivity contribution in [3.8, 4) is 0 Å². The highest BCUT2D eigenvalue weighted by Crippen LogP contribution is 2.33. The quantitative estimate of drug-likeness (QED) is 0.127. The number of hydrogen-bond acceptors (Lipinski definition) is 8. The monoisotopic (exact) mass is 698 g/mol. The minimum atomic E-state index is -1.01. The zero-order chi connectivity index (χ0) is 34.5. The molecule has 12 heteroatoms. The fourth-order valence-corrected chi connectivity index (χ4v) is 8.91. The Balaban J connectivity index is 0.967. The molecule has 4 aromatic carbocycles. The average Bonchev–Trinajstić information content (AvgIpc) is 3.77. The maximum atomic E-state index is 13.5. The SMILES string of the molecule is C[C@]1(C(=O)Nc2ccc3ccccc3c2)CCCN1C(=O)C(N)CSSCC(N)C(=O)N1CCC[C@H]1C(=O)Nc1ccc2ccccc2c1. The van der Waals surface area contributed by atoms with Gasteiger partial charge in [0.05, 0.1) is 12.1 Å². The van der Waals surface area contributed by atoms with E-state index < -0.39 is 23.7 Å². The van der Waals surface area contributed by atoms with E-state index in [-0.39, 0.29) is 23.6 Å². The van der Waals surface area contributed by atoms with E-state index in [1.54, 1.807) is 16.7 Å². The van der Waals surface area contributed by atoms with E-state index in [1.807, 2.05) is 84.9 Å². The Morgan fingerprint density at radius 2 is 1.31 bits per heavy atom. The number of hydrogen-bond donors (Lipinski definition) is 4. The Morgan fingerprint density at radius 1 is 0.755 bits per heavy atom. The molecule has 10 nitrogen and oxygen atoms in total. The van der Waals surface area contributed by atoms with Gasteiger partial charge >= 0.3 is 0 Å². The Hall–Kier alpha value is -4.10. The summed E-state index contributed by atoms with van der Waals surface area (Å²) >= 11 is 0. The minimum Gasteiger partial charge on any atom is -0.329 e. The van der Waals surface area contributed by atoms with Crippen molar-refractivity contribution in [3.05, 3.63) is 84.9 Å². The molecule has 0 spiro atoms. The number of nitrogens with two attached hydrogens (primary N) is 2. The van der Waals surface area contributed by atoms with Crippen LogP contribution in [0.2, 0.25) is 0 Å². The van der Waals surface area contributed by atoms with Gasteiger partial charge in [0, 0.05) is 36.0 Å². The number of nitrogens with zero attached hydrogens (tertiary/aromatic N) is 2. The summed E-state index contributed by atoms with van der Waals surface area (Å²) < 4.78 is 0. The summed E-state index contributed by atoms with van der Waals surface area (Å²) in [4.78, 5) is 56.6. The van der Waals surface area contributed by atoms with Crippen LogP contribution in [0.3, 0.4) is 0 Å². The number of nitrogens with one attached hydrogen (secondary N) is 2. The first-order valence-electron chi connectivity index (χ1n) is 16.6. The Bertz CT molecular complexity index is 1870. The van der Waals surface area contributed by atoms with Gasteiger partial charge in [0.1, 0.15) is 11.6 Å². The molecular weight excluding hydrogens is 657 g/mol. The third-order valence-electron chi connectivity index (χ3n) is 9.47. The van der Waals surface area contributed by atoms with E-state index in [1.165, 1.54) is 21.6 Å². The molecule has 0 saturated carbocycles. The van der Waals surface area contributed by atoms with Crippen molar-refractivity contribution in [1.29, 1.82) is 0 Å². The molecular formula is C37H42N6O4S2. The van der Waals surface area contributed by atoms with E-state index in [9.17, 15) is 19.2 Å². The standard InChI is InChI=1S/C37H42N6O4S2/c1-37(36(47)41-29-16-14-25-9-3-5-11-27(25)21-29)17-7-19-43(37)35(46)31(39)23-49-48-22-30(38)34(45)42-18-6-12-32(42)33(44)40-28-15-13-24-8-2-4-10-26(24)20-28/h2-5,8-11,13-16,20-21,30-32H,6-7,12,17-19,22-23,38-39H2,1H3,(H,40,44)(H,41,47)/t30?,31?,32-,37+/m0/s1.